The molecule has 21 heavy (non-hydrogen) atoms. The van der Waals surface area contributed by atoms with Gasteiger partial charge in [0.1, 0.15) is 5.82 Å². The van der Waals surface area contributed by atoms with Crippen molar-refractivity contribution in [2.24, 2.45) is 0 Å². The first-order valence-corrected chi connectivity index (χ1v) is 7.43. The predicted octanol–water partition coefficient (Wildman–Crippen LogP) is 3.70. The molecule has 0 saturated heterocycles. The van der Waals surface area contributed by atoms with E-state index in [1.165, 1.54) is 30.0 Å². The van der Waals surface area contributed by atoms with Crippen molar-refractivity contribution < 1.29 is 9.18 Å². The highest BCUT2D eigenvalue weighted by Crippen LogP contribution is 2.23. The fourth-order valence-electron chi connectivity index (χ4n) is 1.51. The Labute approximate surface area is 131 Å². The van der Waals surface area contributed by atoms with Crippen LogP contribution in [-0.4, -0.2) is 21.1 Å². The van der Waals surface area contributed by atoms with Crippen LogP contribution in [-0.2, 0) is 4.79 Å². The third kappa shape index (κ3) is 4.41. The van der Waals surface area contributed by atoms with Gasteiger partial charge in [0.2, 0.25) is 5.91 Å². The summed E-state index contributed by atoms with van der Waals surface area (Å²) in [5, 5.41) is 2.79. The molecule has 0 aliphatic carbocycles. The minimum atomic E-state index is -0.523. The Morgan fingerprint density at radius 3 is 2.86 bits per heavy atom. The van der Waals surface area contributed by atoms with Gasteiger partial charge in [-0.2, -0.15) is 0 Å². The van der Waals surface area contributed by atoms with E-state index in [1.54, 1.807) is 19.2 Å². The number of thioether (sulfide) groups is 1. The number of aryl methyl sites for hydroxylation is 1. The van der Waals surface area contributed by atoms with Gasteiger partial charge in [-0.15, -0.1) is 0 Å². The van der Waals surface area contributed by atoms with Crippen molar-refractivity contribution in [1.82, 2.24) is 9.97 Å². The van der Waals surface area contributed by atoms with Gasteiger partial charge >= 0.3 is 0 Å². The summed E-state index contributed by atoms with van der Waals surface area (Å²) < 4.78 is 13.1. The largest absolute Gasteiger partial charge is 0.325 e. The monoisotopic (exact) mass is 325 g/mol. The third-order valence-electron chi connectivity index (χ3n) is 2.61. The number of carbonyl (C=O) groups is 1. The van der Waals surface area contributed by atoms with Gasteiger partial charge in [-0.05, 0) is 38.1 Å². The van der Waals surface area contributed by atoms with E-state index in [2.05, 4.69) is 15.3 Å². The molecule has 0 radical (unpaired) electrons. The van der Waals surface area contributed by atoms with E-state index in [1.807, 2.05) is 6.92 Å². The van der Waals surface area contributed by atoms with Crippen LogP contribution in [0.4, 0.5) is 10.1 Å². The minimum absolute atomic E-state index is 0.0323. The number of anilines is 1. The van der Waals surface area contributed by atoms with Crippen molar-refractivity contribution in [1.29, 1.82) is 0 Å². The molecule has 7 heteroatoms. The molecule has 1 aromatic carbocycles. The number of hydrogen-bond donors (Lipinski definition) is 1. The highest BCUT2D eigenvalue weighted by Gasteiger charge is 2.16. The molecule has 1 aromatic heterocycles. The van der Waals surface area contributed by atoms with E-state index < -0.39 is 11.1 Å². The maximum Gasteiger partial charge on any atom is 0.237 e. The number of carbonyl (C=O) groups excluding carboxylic acids is 1. The molecule has 2 aromatic rings. The Kier molecular flexibility index (Phi) is 5.14. The predicted molar refractivity (Wildman–Crippen MR) is 82.1 cm³/mol. The number of halogens is 2. The second kappa shape index (κ2) is 6.87. The molecule has 0 bridgehead atoms. The molecular weight excluding hydrogens is 313 g/mol. The topological polar surface area (TPSA) is 54.9 Å². The van der Waals surface area contributed by atoms with Crippen LogP contribution in [0.1, 0.15) is 12.6 Å². The Morgan fingerprint density at radius 2 is 2.19 bits per heavy atom. The van der Waals surface area contributed by atoms with Crippen molar-refractivity contribution in [3.05, 3.63) is 47.0 Å². The molecule has 0 aliphatic heterocycles. The number of nitrogens with one attached hydrogen (secondary N) is 1. The van der Waals surface area contributed by atoms with E-state index in [-0.39, 0.29) is 10.9 Å². The van der Waals surface area contributed by atoms with Gasteiger partial charge in [0.25, 0.3) is 0 Å². The van der Waals surface area contributed by atoms with Crippen LogP contribution >= 0.6 is 23.4 Å². The lowest BCUT2D eigenvalue weighted by atomic mass is 10.3. The Balaban J connectivity index is 2.00. The van der Waals surface area contributed by atoms with Crippen LogP contribution in [0.25, 0.3) is 0 Å². The quantitative estimate of drug-likeness (QED) is 0.688. The molecule has 0 spiro atoms. The number of amides is 1. The van der Waals surface area contributed by atoms with Gasteiger partial charge in [-0.25, -0.2) is 14.4 Å². The summed E-state index contributed by atoms with van der Waals surface area (Å²) in [6.07, 6.45) is 1.65. The summed E-state index contributed by atoms with van der Waals surface area (Å²) in [5.41, 5.74) is 1.29. The highest BCUT2D eigenvalue weighted by atomic mass is 35.5. The summed E-state index contributed by atoms with van der Waals surface area (Å²) in [6.45, 7) is 3.60. The van der Waals surface area contributed by atoms with Crippen LogP contribution in [0.3, 0.4) is 0 Å². The Hall–Kier alpha value is -1.66. The molecule has 2 rings (SSSR count). The number of rotatable bonds is 4. The second-order valence-corrected chi connectivity index (χ2v) is 6.07. The molecule has 4 nitrogen and oxygen atoms in total. The lowest BCUT2D eigenvalue weighted by molar-refractivity contribution is -0.115. The van der Waals surface area contributed by atoms with E-state index in [4.69, 9.17) is 11.6 Å². The van der Waals surface area contributed by atoms with Gasteiger partial charge in [0.15, 0.2) is 5.16 Å². The lowest BCUT2D eigenvalue weighted by Gasteiger charge is -2.11. The first kappa shape index (κ1) is 15.7. The van der Waals surface area contributed by atoms with E-state index >= 15 is 0 Å². The van der Waals surface area contributed by atoms with Crippen LogP contribution in [0.15, 0.2) is 35.6 Å². The van der Waals surface area contributed by atoms with Crippen LogP contribution in [0.5, 0.6) is 0 Å². The van der Waals surface area contributed by atoms with Gasteiger partial charge in [0, 0.05) is 17.6 Å². The van der Waals surface area contributed by atoms with Crippen LogP contribution in [0.2, 0.25) is 5.02 Å². The van der Waals surface area contributed by atoms with Gasteiger partial charge in [0.05, 0.1) is 10.3 Å². The fourth-order valence-corrected chi connectivity index (χ4v) is 2.49. The normalized spacial score (nSPS) is 12.0. The smallest absolute Gasteiger partial charge is 0.237 e. The molecule has 1 amide bonds. The minimum Gasteiger partial charge on any atom is -0.325 e. The number of nitrogens with zero attached hydrogens (tertiary/aromatic N) is 2. The first-order chi connectivity index (χ1) is 9.95. The van der Waals surface area contributed by atoms with Crippen molar-refractivity contribution in [3.63, 3.8) is 0 Å². The Morgan fingerprint density at radius 1 is 1.43 bits per heavy atom. The summed E-state index contributed by atoms with van der Waals surface area (Å²) >= 11 is 6.92. The highest BCUT2D eigenvalue weighted by molar-refractivity contribution is 8.00. The third-order valence-corrected chi connectivity index (χ3v) is 3.88. The van der Waals surface area contributed by atoms with Crippen molar-refractivity contribution in [3.8, 4) is 0 Å². The summed E-state index contributed by atoms with van der Waals surface area (Å²) in [7, 11) is 0. The molecule has 1 N–H and O–H groups in total. The van der Waals surface area contributed by atoms with E-state index in [9.17, 15) is 9.18 Å². The number of benzene rings is 1. The standard InChI is InChI=1S/C14H13ClFN3OS/c1-8-5-6-17-14(18-8)21-9(2)13(20)19-10-3-4-12(16)11(15)7-10/h3-7,9H,1-2H3,(H,19,20)/t9-/m1/s1. The van der Waals surface area contributed by atoms with E-state index in [0.29, 0.717) is 10.8 Å². The van der Waals surface area contributed by atoms with Crippen molar-refractivity contribution in [2.75, 3.05) is 5.32 Å². The van der Waals surface area contributed by atoms with Crippen LogP contribution < -0.4 is 5.32 Å². The zero-order valence-electron chi connectivity index (χ0n) is 11.4. The molecule has 0 fully saturated rings. The maximum atomic E-state index is 13.1. The summed E-state index contributed by atoms with van der Waals surface area (Å²) in [4.78, 5) is 20.4. The molecule has 1 atom stereocenters. The fraction of sp³-hybridized carbons (Fsp3) is 0.214. The number of hydrogen-bond acceptors (Lipinski definition) is 4. The average Bonchev–Trinajstić information content (AvgIpc) is 2.43. The first-order valence-electron chi connectivity index (χ1n) is 6.18. The molecule has 0 saturated carbocycles. The molecule has 0 aliphatic rings. The lowest BCUT2D eigenvalue weighted by Crippen LogP contribution is -2.22. The van der Waals surface area contributed by atoms with Gasteiger partial charge in [-0.3, -0.25) is 4.79 Å². The SMILES string of the molecule is Cc1ccnc(S[C@H](C)C(=O)Nc2ccc(F)c(Cl)c2)n1. The van der Waals surface area contributed by atoms with Crippen molar-refractivity contribution in [2.45, 2.75) is 24.3 Å². The second-order valence-electron chi connectivity index (χ2n) is 4.36. The van der Waals surface area contributed by atoms with Crippen molar-refractivity contribution >= 4 is 35.0 Å². The Bertz CT molecular complexity index is 668. The zero-order chi connectivity index (χ0) is 15.4. The zero-order valence-corrected chi connectivity index (χ0v) is 13.0. The summed E-state index contributed by atoms with van der Waals surface area (Å²) in [5.74, 6) is -0.752. The molecule has 1 heterocycles. The average molecular weight is 326 g/mol. The number of aromatic nitrogens is 2. The molecular formula is C14H13ClFN3OS. The summed E-state index contributed by atoms with van der Waals surface area (Å²) in [6, 6.07) is 5.82. The molecule has 110 valence electrons. The van der Waals surface area contributed by atoms with E-state index in [0.717, 1.165) is 5.69 Å². The van der Waals surface area contributed by atoms with Gasteiger partial charge < -0.3 is 5.32 Å². The van der Waals surface area contributed by atoms with Crippen LogP contribution in [0, 0.1) is 12.7 Å². The van der Waals surface area contributed by atoms with Gasteiger partial charge in [-0.1, -0.05) is 23.4 Å². The maximum absolute atomic E-state index is 13.1. The molecule has 0 unspecified atom stereocenters.